The van der Waals surface area contributed by atoms with Gasteiger partial charge >= 0.3 is 5.69 Å². The lowest BCUT2D eigenvalue weighted by Crippen LogP contribution is -2.35. The maximum absolute atomic E-state index is 11.3. The van der Waals surface area contributed by atoms with Crippen LogP contribution in [0.3, 0.4) is 0 Å². The van der Waals surface area contributed by atoms with Crippen molar-refractivity contribution in [2.75, 3.05) is 11.9 Å². The molecule has 1 aliphatic rings. The SMILES string of the molecule is CCCn1nc(C)c([N+](=O)[O-])c1NC1CCCCC1CO. The summed E-state index contributed by atoms with van der Waals surface area (Å²) in [6.45, 7) is 4.45. The smallest absolute Gasteiger partial charge is 0.333 e. The molecule has 0 aromatic carbocycles. The van der Waals surface area contributed by atoms with Crippen molar-refractivity contribution < 1.29 is 10.0 Å². The number of nitrogens with one attached hydrogen (secondary N) is 1. The second-order valence-corrected chi connectivity index (χ2v) is 5.74. The van der Waals surface area contributed by atoms with Gasteiger partial charge in [-0.25, -0.2) is 4.68 Å². The van der Waals surface area contributed by atoms with Gasteiger partial charge in [0, 0.05) is 25.1 Å². The van der Waals surface area contributed by atoms with E-state index in [4.69, 9.17) is 0 Å². The normalized spacial score (nSPS) is 22.2. The molecule has 0 amide bonds. The quantitative estimate of drug-likeness (QED) is 0.621. The number of aliphatic hydroxyl groups is 1. The van der Waals surface area contributed by atoms with Crippen LogP contribution in [0.5, 0.6) is 0 Å². The average Bonchev–Trinajstić information content (AvgIpc) is 2.76. The van der Waals surface area contributed by atoms with Crippen LogP contribution >= 0.6 is 0 Å². The number of anilines is 1. The maximum Gasteiger partial charge on any atom is 0.333 e. The van der Waals surface area contributed by atoms with Gasteiger partial charge in [0.15, 0.2) is 0 Å². The third-order valence-corrected chi connectivity index (χ3v) is 4.18. The van der Waals surface area contributed by atoms with E-state index in [1.165, 1.54) is 0 Å². The van der Waals surface area contributed by atoms with Crippen molar-refractivity contribution in [3.63, 3.8) is 0 Å². The highest BCUT2D eigenvalue weighted by Gasteiger charge is 2.30. The molecule has 7 heteroatoms. The standard InChI is InChI=1S/C14H24N4O3/c1-3-8-17-14(13(18(20)21)10(2)16-17)15-12-7-5-4-6-11(12)9-19/h11-12,15,19H,3-9H2,1-2H3. The van der Waals surface area contributed by atoms with Crippen molar-refractivity contribution in [3.8, 4) is 0 Å². The number of aryl methyl sites for hydroxylation is 2. The Balaban J connectivity index is 2.30. The van der Waals surface area contributed by atoms with Gasteiger partial charge in [0.05, 0.1) is 4.92 Å². The molecule has 0 radical (unpaired) electrons. The van der Waals surface area contributed by atoms with Gasteiger partial charge in [-0.2, -0.15) is 5.10 Å². The highest BCUT2D eigenvalue weighted by molar-refractivity contribution is 5.60. The Labute approximate surface area is 124 Å². The molecule has 0 aliphatic heterocycles. The lowest BCUT2D eigenvalue weighted by atomic mass is 9.85. The Hall–Kier alpha value is -1.63. The molecule has 118 valence electrons. The Morgan fingerprint density at radius 1 is 1.48 bits per heavy atom. The largest absolute Gasteiger partial charge is 0.396 e. The second-order valence-electron chi connectivity index (χ2n) is 5.74. The van der Waals surface area contributed by atoms with Gasteiger partial charge < -0.3 is 10.4 Å². The summed E-state index contributed by atoms with van der Waals surface area (Å²) in [7, 11) is 0. The van der Waals surface area contributed by atoms with Gasteiger partial charge in [0.25, 0.3) is 0 Å². The van der Waals surface area contributed by atoms with Crippen molar-refractivity contribution in [3.05, 3.63) is 15.8 Å². The molecular weight excluding hydrogens is 272 g/mol. The highest BCUT2D eigenvalue weighted by atomic mass is 16.6. The van der Waals surface area contributed by atoms with E-state index in [0.29, 0.717) is 18.1 Å². The molecule has 1 fully saturated rings. The topological polar surface area (TPSA) is 93.2 Å². The van der Waals surface area contributed by atoms with E-state index in [9.17, 15) is 15.2 Å². The minimum absolute atomic E-state index is 0.0608. The number of nitrogens with zero attached hydrogens (tertiary/aromatic N) is 3. The average molecular weight is 296 g/mol. The van der Waals surface area contributed by atoms with Crippen molar-refractivity contribution in [1.29, 1.82) is 0 Å². The van der Waals surface area contributed by atoms with Crippen LogP contribution in [0.2, 0.25) is 0 Å². The molecule has 1 saturated carbocycles. The van der Waals surface area contributed by atoms with Crippen LogP contribution < -0.4 is 5.32 Å². The Morgan fingerprint density at radius 2 is 2.19 bits per heavy atom. The van der Waals surface area contributed by atoms with Crippen molar-refractivity contribution in [2.24, 2.45) is 5.92 Å². The first kappa shape index (κ1) is 15.8. The summed E-state index contributed by atoms with van der Waals surface area (Å²) in [5.74, 6) is 0.647. The van der Waals surface area contributed by atoms with Crippen LogP contribution in [-0.4, -0.2) is 32.5 Å². The molecule has 0 saturated heterocycles. The molecule has 0 bridgehead atoms. The summed E-state index contributed by atoms with van der Waals surface area (Å²) in [5.41, 5.74) is 0.498. The Morgan fingerprint density at radius 3 is 2.81 bits per heavy atom. The number of rotatable bonds is 6. The highest BCUT2D eigenvalue weighted by Crippen LogP contribution is 2.33. The lowest BCUT2D eigenvalue weighted by Gasteiger charge is -2.31. The van der Waals surface area contributed by atoms with Gasteiger partial charge in [-0.05, 0) is 26.2 Å². The first-order chi connectivity index (χ1) is 10.1. The summed E-state index contributed by atoms with van der Waals surface area (Å²) in [6, 6.07) is 0.0779. The zero-order valence-electron chi connectivity index (χ0n) is 12.7. The first-order valence-electron chi connectivity index (χ1n) is 7.67. The van der Waals surface area contributed by atoms with E-state index >= 15 is 0 Å². The van der Waals surface area contributed by atoms with Gasteiger partial charge in [-0.3, -0.25) is 10.1 Å². The van der Waals surface area contributed by atoms with Gasteiger partial charge in [-0.1, -0.05) is 19.8 Å². The van der Waals surface area contributed by atoms with E-state index in [-0.39, 0.29) is 29.2 Å². The predicted octanol–water partition coefficient (Wildman–Crippen LogP) is 2.47. The molecule has 2 atom stereocenters. The molecule has 1 aliphatic carbocycles. The maximum atomic E-state index is 11.3. The molecule has 7 nitrogen and oxygen atoms in total. The van der Waals surface area contributed by atoms with Crippen LogP contribution in [0.15, 0.2) is 0 Å². The fraction of sp³-hybridized carbons (Fsp3) is 0.786. The molecular formula is C14H24N4O3. The predicted molar refractivity (Wildman–Crippen MR) is 80.4 cm³/mol. The summed E-state index contributed by atoms with van der Waals surface area (Å²) in [4.78, 5) is 10.9. The van der Waals surface area contributed by atoms with Gasteiger partial charge in [0.1, 0.15) is 5.69 Å². The third-order valence-electron chi connectivity index (χ3n) is 4.18. The first-order valence-corrected chi connectivity index (χ1v) is 7.67. The van der Waals surface area contributed by atoms with Crippen molar-refractivity contribution in [1.82, 2.24) is 9.78 Å². The third kappa shape index (κ3) is 3.34. The van der Waals surface area contributed by atoms with Gasteiger partial charge in [0.2, 0.25) is 5.82 Å². The lowest BCUT2D eigenvalue weighted by molar-refractivity contribution is -0.384. The van der Waals surface area contributed by atoms with E-state index in [0.717, 1.165) is 32.1 Å². The molecule has 1 heterocycles. The molecule has 1 aromatic rings. The van der Waals surface area contributed by atoms with E-state index in [1.807, 2.05) is 6.92 Å². The number of nitro groups is 1. The molecule has 2 unspecified atom stereocenters. The van der Waals surface area contributed by atoms with Crippen LogP contribution in [0.25, 0.3) is 0 Å². The Kier molecular flexibility index (Phi) is 5.17. The fourth-order valence-corrected chi connectivity index (χ4v) is 3.10. The van der Waals surface area contributed by atoms with E-state index in [1.54, 1.807) is 11.6 Å². The van der Waals surface area contributed by atoms with E-state index in [2.05, 4.69) is 10.4 Å². The van der Waals surface area contributed by atoms with Crippen LogP contribution in [0.1, 0.15) is 44.7 Å². The van der Waals surface area contributed by atoms with Crippen LogP contribution in [-0.2, 0) is 6.54 Å². The van der Waals surface area contributed by atoms with Crippen LogP contribution in [0.4, 0.5) is 11.5 Å². The second kappa shape index (κ2) is 6.89. The number of aliphatic hydroxyl groups excluding tert-OH is 1. The summed E-state index contributed by atoms with van der Waals surface area (Å²) in [5, 5.41) is 28.4. The molecule has 1 aromatic heterocycles. The molecule has 2 rings (SSSR count). The van der Waals surface area contributed by atoms with Crippen LogP contribution in [0, 0.1) is 23.0 Å². The summed E-state index contributed by atoms with van der Waals surface area (Å²) in [6.07, 6.45) is 4.95. The Bertz CT molecular complexity index is 501. The number of hydrogen-bond donors (Lipinski definition) is 2. The fourth-order valence-electron chi connectivity index (χ4n) is 3.10. The minimum atomic E-state index is -0.367. The zero-order chi connectivity index (χ0) is 15.4. The minimum Gasteiger partial charge on any atom is -0.396 e. The molecule has 0 spiro atoms. The van der Waals surface area contributed by atoms with Gasteiger partial charge in [-0.15, -0.1) is 0 Å². The number of aromatic nitrogens is 2. The number of hydrogen-bond acceptors (Lipinski definition) is 5. The monoisotopic (exact) mass is 296 g/mol. The summed E-state index contributed by atoms with van der Waals surface area (Å²) < 4.78 is 1.69. The van der Waals surface area contributed by atoms with Crippen molar-refractivity contribution in [2.45, 2.75) is 58.5 Å². The van der Waals surface area contributed by atoms with E-state index < -0.39 is 0 Å². The molecule has 21 heavy (non-hydrogen) atoms. The molecule has 2 N–H and O–H groups in total. The summed E-state index contributed by atoms with van der Waals surface area (Å²) >= 11 is 0. The zero-order valence-corrected chi connectivity index (χ0v) is 12.7. The van der Waals surface area contributed by atoms with Crippen molar-refractivity contribution >= 4 is 11.5 Å².